The largest absolute Gasteiger partial charge is 0.488 e. The number of nitrogens with zero attached hydrogens (tertiary/aromatic N) is 1. The summed E-state index contributed by atoms with van der Waals surface area (Å²) in [5, 5.41) is 2.82. The number of likely N-dealkylation sites (tertiary alicyclic amines) is 1. The molecular formula is C18H26N2O4. The highest BCUT2D eigenvalue weighted by Gasteiger charge is 2.41. The van der Waals surface area contributed by atoms with E-state index in [1.165, 1.54) is 0 Å². The minimum Gasteiger partial charge on any atom is -0.488 e. The van der Waals surface area contributed by atoms with Crippen molar-refractivity contribution in [2.75, 3.05) is 26.8 Å². The van der Waals surface area contributed by atoms with Crippen LogP contribution in [0, 0.1) is 5.92 Å². The van der Waals surface area contributed by atoms with E-state index in [2.05, 4.69) is 5.32 Å². The van der Waals surface area contributed by atoms with Crippen molar-refractivity contribution in [1.29, 1.82) is 0 Å². The molecule has 0 aromatic heterocycles. The molecule has 1 saturated heterocycles. The first-order valence-electron chi connectivity index (χ1n) is 8.31. The maximum atomic E-state index is 12.5. The molecule has 1 aromatic carbocycles. The van der Waals surface area contributed by atoms with E-state index in [4.69, 9.17) is 9.47 Å². The summed E-state index contributed by atoms with van der Waals surface area (Å²) in [6, 6.07) is 8.97. The van der Waals surface area contributed by atoms with Crippen molar-refractivity contribution in [2.45, 2.75) is 32.4 Å². The van der Waals surface area contributed by atoms with E-state index in [1.807, 2.05) is 44.2 Å². The Hall–Kier alpha value is -2.08. The van der Waals surface area contributed by atoms with Gasteiger partial charge in [-0.15, -0.1) is 0 Å². The SMILES string of the molecule is COCCNC(=O)[C@@H]1C[C@H](Oc2ccccc2)CN1C(=O)C(C)C. The van der Waals surface area contributed by atoms with Gasteiger partial charge in [-0.05, 0) is 12.1 Å². The molecule has 1 heterocycles. The molecular weight excluding hydrogens is 308 g/mol. The van der Waals surface area contributed by atoms with Crippen molar-refractivity contribution >= 4 is 11.8 Å². The molecule has 1 N–H and O–H groups in total. The van der Waals surface area contributed by atoms with Crippen LogP contribution in [-0.4, -0.2) is 55.7 Å². The second kappa shape index (κ2) is 8.68. The number of methoxy groups -OCH3 is 1. The van der Waals surface area contributed by atoms with E-state index in [0.717, 1.165) is 5.75 Å². The summed E-state index contributed by atoms with van der Waals surface area (Å²) in [7, 11) is 1.58. The van der Waals surface area contributed by atoms with E-state index < -0.39 is 6.04 Å². The lowest BCUT2D eigenvalue weighted by Gasteiger charge is -2.25. The Morgan fingerprint density at radius 1 is 1.29 bits per heavy atom. The van der Waals surface area contributed by atoms with Gasteiger partial charge in [0.15, 0.2) is 0 Å². The average molecular weight is 334 g/mol. The standard InChI is InChI=1S/C18H26N2O4/c1-13(2)18(22)20-12-15(24-14-7-5-4-6-8-14)11-16(20)17(21)19-9-10-23-3/h4-8,13,15-16H,9-12H2,1-3H3,(H,19,21)/t15-,16-/m0/s1. The van der Waals surface area contributed by atoms with Gasteiger partial charge in [-0.2, -0.15) is 0 Å². The first-order chi connectivity index (χ1) is 11.5. The molecule has 0 spiro atoms. The number of hydrogen-bond acceptors (Lipinski definition) is 4. The Morgan fingerprint density at radius 2 is 2.00 bits per heavy atom. The Bertz CT molecular complexity index is 547. The van der Waals surface area contributed by atoms with Gasteiger partial charge in [-0.25, -0.2) is 0 Å². The Morgan fingerprint density at radius 3 is 2.62 bits per heavy atom. The fraction of sp³-hybridized carbons (Fsp3) is 0.556. The third kappa shape index (κ3) is 4.71. The summed E-state index contributed by atoms with van der Waals surface area (Å²) in [6.45, 7) is 4.98. The molecule has 0 aliphatic carbocycles. The third-order valence-electron chi connectivity index (χ3n) is 3.99. The zero-order chi connectivity index (χ0) is 17.5. The molecule has 1 aromatic rings. The minimum absolute atomic E-state index is 0.0268. The number of benzene rings is 1. The molecule has 24 heavy (non-hydrogen) atoms. The van der Waals surface area contributed by atoms with Crippen molar-refractivity contribution in [3.05, 3.63) is 30.3 Å². The summed E-state index contributed by atoms with van der Waals surface area (Å²) in [5.74, 6) is 0.413. The highest BCUT2D eigenvalue weighted by atomic mass is 16.5. The van der Waals surface area contributed by atoms with Crippen LogP contribution in [0.5, 0.6) is 5.75 Å². The van der Waals surface area contributed by atoms with Crippen molar-refractivity contribution in [3.8, 4) is 5.75 Å². The number of ether oxygens (including phenoxy) is 2. The second-order valence-electron chi connectivity index (χ2n) is 6.23. The highest BCUT2D eigenvalue weighted by molar-refractivity contribution is 5.89. The smallest absolute Gasteiger partial charge is 0.243 e. The quantitative estimate of drug-likeness (QED) is 0.767. The second-order valence-corrected chi connectivity index (χ2v) is 6.23. The maximum absolute atomic E-state index is 12.5. The first kappa shape index (κ1) is 18.3. The molecule has 1 fully saturated rings. The lowest BCUT2D eigenvalue weighted by Crippen LogP contribution is -2.47. The number of nitrogens with one attached hydrogen (secondary N) is 1. The summed E-state index contributed by atoms with van der Waals surface area (Å²) in [6.07, 6.45) is 0.305. The summed E-state index contributed by atoms with van der Waals surface area (Å²) in [4.78, 5) is 26.5. The van der Waals surface area contributed by atoms with Gasteiger partial charge in [0.05, 0.1) is 13.2 Å². The van der Waals surface area contributed by atoms with Crippen LogP contribution >= 0.6 is 0 Å². The van der Waals surface area contributed by atoms with Crippen LogP contribution < -0.4 is 10.1 Å². The Labute approximate surface area is 143 Å². The first-order valence-corrected chi connectivity index (χ1v) is 8.31. The molecule has 0 saturated carbocycles. The van der Waals surface area contributed by atoms with E-state index in [1.54, 1.807) is 12.0 Å². The van der Waals surface area contributed by atoms with Crippen LogP contribution in [0.4, 0.5) is 0 Å². The number of amides is 2. The summed E-state index contributed by atoms with van der Waals surface area (Å²) in [5.41, 5.74) is 0. The van der Waals surface area contributed by atoms with Gasteiger partial charge in [-0.1, -0.05) is 32.0 Å². The monoisotopic (exact) mass is 334 g/mol. The third-order valence-corrected chi connectivity index (χ3v) is 3.99. The molecule has 1 aliphatic rings. The molecule has 1 aliphatic heterocycles. The fourth-order valence-corrected chi connectivity index (χ4v) is 2.79. The average Bonchev–Trinajstić information content (AvgIpc) is 2.99. The van der Waals surface area contributed by atoms with Crippen LogP contribution in [0.15, 0.2) is 30.3 Å². The van der Waals surface area contributed by atoms with Gasteiger partial charge in [0.25, 0.3) is 0 Å². The zero-order valence-corrected chi connectivity index (χ0v) is 14.5. The van der Waals surface area contributed by atoms with Crippen molar-refractivity contribution in [2.24, 2.45) is 5.92 Å². The lowest BCUT2D eigenvalue weighted by atomic mass is 10.1. The van der Waals surface area contributed by atoms with Crippen LogP contribution in [0.25, 0.3) is 0 Å². The molecule has 0 bridgehead atoms. The topological polar surface area (TPSA) is 67.9 Å². The molecule has 2 atom stereocenters. The van der Waals surface area contributed by atoms with E-state index in [0.29, 0.717) is 26.1 Å². The lowest BCUT2D eigenvalue weighted by molar-refractivity contribution is -0.140. The Balaban J connectivity index is 2.04. The van der Waals surface area contributed by atoms with Crippen LogP contribution in [0.2, 0.25) is 0 Å². The van der Waals surface area contributed by atoms with Crippen molar-refractivity contribution in [3.63, 3.8) is 0 Å². The molecule has 2 amide bonds. The maximum Gasteiger partial charge on any atom is 0.243 e. The molecule has 0 unspecified atom stereocenters. The number of carbonyl (C=O) groups is 2. The molecule has 132 valence electrons. The molecule has 0 radical (unpaired) electrons. The summed E-state index contributed by atoms with van der Waals surface area (Å²) < 4.78 is 10.9. The van der Waals surface area contributed by atoms with Gasteiger partial charge in [0, 0.05) is 26.0 Å². The normalized spacial score (nSPS) is 20.2. The number of rotatable bonds is 7. The van der Waals surface area contributed by atoms with Crippen molar-refractivity contribution < 1.29 is 19.1 Å². The van der Waals surface area contributed by atoms with E-state index in [-0.39, 0.29) is 23.8 Å². The van der Waals surface area contributed by atoms with Crippen LogP contribution in [-0.2, 0) is 14.3 Å². The Kier molecular flexibility index (Phi) is 6.61. The minimum atomic E-state index is -0.495. The highest BCUT2D eigenvalue weighted by Crippen LogP contribution is 2.24. The number of carbonyl (C=O) groups excluding carboxylic acids is 2. The van der Waals surface area contributed by atoms with Gasteiger partial charge in [0.2, 0.25) is 11.8 Å². The van der Waals surface area contributed by atoms with Crippen molar-refractivity contribution in [1.82, 2.24) is 10.2 Å². The van der Waals surface area contributed by atoms with Gasteiger partial charge in [0.1, 0.15) is 17.9 Å². The van der Waals surface area contributed by atoms with Crippen LogP contribution in [0.1, 0.15) is 20.3 Å². The zero-order valence-electron chi connectivity index (χ0n) is 14.5. The molecule has 6 nitrogen and oxygen atoms in total. The summed E-state index contributed by atoms with van der Waals surface area (Å²) >= 11 is 0. The van der Waals surface area contributed by atoms with Gasteiger partial charge < -0.3 is 19.7 Å². The predicted octanol–water partition coefficient (Wildman–Crippen LogP) is 1.45. The van der Waals surface area contributed by atoms with Gasteiger partial charge >= 0.3 is 0 Å². The van der Waals surface area contributed by atoms with Gasteiger partial charge in [-0.3, -0.25) is 9.59 Å². The molecule has 6 heteroatoms. The number of hydrogen-bond donors (Lipinski definition) is 1. The van der Waals surface area contributed by atoms with E-state index >= 15 is 0 Å². The predicted molar refractivity (Wildman–Crippen MR) is 90.7 cm³/mol. The van der Waals surface area contributed by atoms with E-state index in [9.17, 15) is 9.59 Å². The fourth-order valence-electron chi connectivity index (χ4n) is 2.79. The number of para-hydroxylation sites is 1. The van der Waals surface area contributed by atoms with Crippen LogP contribution in [0.3, 0.4) is 0 Å². The molecule has 2 rings (SSSR count).